The summed E-state index contributed by atoms with van der Waals surface area (Å²) < 4.78 is 0. The van der Waals surface area contributed by atoms with Gasteiger partial charge in [-0.3, -0.25) is 4.79 Å². The molecule has 0 aromatic carbocycles. The van der Waals surface area contributed by atoms with Crippen molar-refractivity contribution in [2.24, 2.45) is 0 Å². The maximum atomic E-state index is 12.5. The van der Waals surface area contributed by atoms with E-state index in [1.807, 2.05) is 6.08 Å². The highest BCUT2D eigenvalue weighted by Crippen LogP contribution is 2.17. The number of nitrogens with one attached hydrogen (secondary N) is 1. The molecule has 0 saturated carbocycles. The molecule has 0 aliphatic carbocycles. The van der Waals surface area contributed by atoms with Gasteiger partial charge < -0.3 is 15.5 Å². The summed E-state index contributed by atoms with van der Waals surface area (Å²) in [5, 5.41) is 23.1. The van der Waals surface area contributed by atoms with Crippen LogP contribution in [0.25, 0.3) is 0 Å². The fraction of sp³-hybridized carbons (Fsp3) is 0.850. The first-order valence-corrected chi connectivity index (χ1v) is 28.9. The first-order chi connectivity index (χ1) is 31.7. The van der Waals surface area contributed by atoms with E-state index in [0.717, 1.165) is 38.5 Å². The zero-order valence-corrected chi connectivity index (χ0v) is 43.3. The highest BCUT2D eigenvalue weighted by Gasteiger charge is 2.18. The van der Waals surface area contributed by atoms with E-state index < -0.39 is 12.1 Å². The summed E-state index contributed by atoms with van der Waals surface area (Å²) in [6.07, 6.45) is 77.1. The Morgan fingerprint density at radius 3 is 0.906 bits per heavy atom. The van der Waals surface area contributed by atoms with Crippen molar-refractivity contribution in [3.63, 3.8) is 0 Å². The number of amides is 1. The molecule has 376 valence electrons. The Labute approximate surface area is 401 Å². The zero-order valence-electron chi connectivity index (χ0n) is 43.3. The van der Waals surface area contributed by atoms with Gasteiger partial charge in [-0.25, -0.2) is 0 Å². The molecule has 1 amide bonds. The summed E-state index contributed by atoms with van der Waals surface area (Å²) >= 11 is 0. The predicted molar refractivity (Wildman–Crippen MR) is 285 cm³/mol. The van der Waals surface area contributed by atoms with Crippen molar-refractivity contribution in [3.8, 4) is 0 Å². The molecule has 0 aromatic rings. The quantitative estimate of drug-likeness (QED) is 0.0421. The van der Waals surface area contributed by atoms with Crippen molar-refractivity contribution < 1.29 is 15.0 Å². The van der Waals surface area contributed by atoms with E-state index in [9.17, 15) is 15.0 Å². The maximum Gasteiger partial charge on any atom is 0.220 e. The smallest absolute Gasteiger partial charge is 0.220 e. The number of rotatable bonds is 53. The number of aliphatic hydroxyl groups excluding tert-OH is 2. The molecule has 0 heterocycles. The normalized spacial score (nSPS) is 13.1. The van der Waals surface area contributed by atoms with Crippen LogP contribution in [0, 0.1) is 0 Å². The summed E-state index contributed by atoms with van der Waals surface area (Å²) in [6.45, 7) is 4.32. The number of allylic oxidation sites excluding steroid dienone is 7. The Bertz CT molecular complexity index is 1020. The van der Waals surface area contributed by atoms with Crippen LogP contribution >= 0.6 is 0 Å². The minimum absolute atomic E-state index is 0.0776. The first kappa shape index (κ1) is 62.4. The molecule has 64 heavy (non-hydrogen) atoms. The summed E-state index contributed by atoms with van der Waals surface area (Å²) in [7, 11) is 0. The number of hydrogen-bond donors (Lipinski definition) is 3. The van der Waals surface area contributed by atoms with Crippen LogP contribution < -0.4 is 5.32 Å². The first-order valence-electron chi connectivity index (χ1n) is 28.9. The maximum absolute atomic E-state index is 12.5. The molecule has 0 bridgehead atoms. The molecule has 2 unspecified atom stereocenters. The van der Waals surface area contributed by atoms with Crippen LogP contribution in [-0.2, 0) is 4.79 Å². The van der Waals surface area contributed by atoms with Gasteiger partial charge in [0.2, 0.25) is 5.91 Å². The van der Waals surface area contributed by atoms with E-state index in [1.54, 1.807) is 6.08 Å². The number of carbonyl (C=O) groups is 1. The number of aliphatic hydroxyl groups is 2. The molecule has 0 fully saturated rings. The third kappa shape index (κ3) is 51.3. The summed E-state index contributed by atoms with van der Waals surface area (Å²) in [6, 6.07) is -0.648. The molecule has 0 radical (unpaired) electrons. The molecule has 0 aliphatic rings. The molecule has 4 heteroatoms. The van der Waals surface area contributed by atoms with Crippen LogP contribution in [0.1, 0.15) is 309 Å². The molecule has 0 spiro atoms. The van der Waals surface area contributed by atoms with Crippen LogP contribution in [0.3, 0.4) is 0 Å². The van der Waals surface area contributed by atoms with Gasteiger partial charge in [-0.15, -0.1) is 0 Å². The lowest BCUT2D eigenvalue weighted by atomic mass is 10.0. The molecule has 0 rings (SSSR count). The number of unbranched alkanes of at least 4 members (excludes halogenated alkanes) is 40. The average Bonchev–Trinajstić information content (AvgIpc) is 3.30. The van der Waals surface area contributed by atoms with E-state index in [-0.39, 0.29) is 12.5 Å². The molecule has 4 nitrogen and oxygen atoms in total. The lowest BCUT2D eigenvalue weighted by molar-refractivity contribution is -0.123. The van der Waals surface area contributed by atoms with Crippen molar-refractivity contribution >= 4 is 5.91 Å². The minimum Gasteiger partial charge on any atom is -0.394 e. The van der Waals surface area contributed by atoms with Crippen LogP contribution in [0.4, 0.5) is 0 Å². The van der Waals surface area contributed by atoms with Crippen LogP contribution in [-0.4, -0.2) is 34.9 Å². The van der Waals surface area contributed by atoms with Crippen molar-refractivity contribution in [1.29, 1.82) is 0 Å². The fourth-order valence-electron chi connectivity index (χ4n) is 8.86. The van der Waals surface area contributed by atoms with Gasteiger partial charge in [0, 0.05) is 6.42 Å². The lowest BCUT2D eigenvalue weighted by Crippen LogP contribution is -2.45. The number of hydrogen-bond acceptors (Lipinski definition) is 3. The highest BCUT2D eigenvalue weighted by molar-refractivity contribution is 5.76. The lowest BCUT2D eigenvalue weighted by Gasteiger charge is -2.19. The largest absolute Gasteiger partial charge is 0.394 e. The monoisotopic (exact) mass is 896 g/mol. The Morgan fingerprint density at radius 1 is 0.359 bits per heavy atom. The van der Waals surface area contributed by atoms with Gasteiger partial charge in [-0.2, -0.15) is 0 Å². The van der Waals surface area contributed by atoms with Crippen LogP contribution in [0.5, 0.6) is 0 Å². The molecular formula is C60H113NO3. The van der Waals surface area contributed by atoms with Crippen LogP contribution in [0.15, 0.2) is 48.6 Å². The fourth-order valence-corrected chi connectivity index (χ4v) is 8.86. The topological polar surface area (TPSA) is 69.6 Å². The second-order valence-corrected chi connectivity index (χ2v) is 19.7. The van der Waals surface area contributed by atoms with Gasteiger partial charge in [-0.05, 0) is 70.6 Å². The second-order valence-electron chi connectivity index (χ2n) is 19.7. The standard InChI is InChI=1S/C60H113NO3/c1-3-5-7-9-11-13-15-17-19-21-23-25-26-27-28-29-30-31-32-33-34-36-37-39-41-43-45-47-49-51-53-55-59(63)58(57-62)61-60(64)56-54-52-50-48-46-44-42-40-38-35-24-22-20-18-16-14-12-10-8-6-4-2/h22,24,37,39,45,47,53,55,58-59,62-63H,3-21,23,25-36,38,40-44,46,48-52,54,56-57H2,1-2H3,(H,61,64)/b24-22-,39-37+,47-45+,55-53+. The predicted octanol–water partition coefficient (Wildman–Crippen LogP) is 19.0. The third-order valence-corrected chi connectivity index (χ3v) is 13.3. The summed E-state index contributed by atoms with van der Waals surface area (Å²) in [5.74, 6) is -0.0776. The molecule has 3 N–H and O–H groups in total. The molecule has 2 atom stereocenters. The molecular weight excluding hydrogens is 783 g/mol. The number of carbonyl (C=O) groups excluding carboxylic acids is 1. The molecule has 0 aromatic heterocycles. The molecule has 0 saturated heterocycles. The zero-order chi connectivity index (χ0) is 46.3. The van der Waals surface area contributed by atoms with Gasteiger partial charge in [0.25, 0.3) is 0 Å². The SMILES string of the molecule is CCCCCCCCCC/C=C\CCCCCCCCCCCC(=O)NC(CO)C(O)/C=C/CC/C=C/CC/C=C/CCCCCCCCCCCCCCCCCCCCCCC. The van der Waals surface area contributed by atoms with Gasteiger partial charge in [0.1, 0.15) is 0 Å². The van der Waals surface area contributed by atoms with E-state index in [0.29, 0.717) is 6.42 Å². The Hall–Kier alpha value is -1.65. The van der Waals surface area contributed by atoms with E-state index in [4.69, 9.17) is 0 Å². The Kier molecular flexibility index (Phi) is 54.2. The van der Waals surface area contributed by atoms with Gasteiger partial charge in [0.05, 0.1) is 18.8 Å². The third-order valence-electron chi connectivity index (χ3n) is 13.3. The minimum atomic E-state index is -0.873. The Morgan fingerprint density at radius 2 is 0.609 bits per heavy atom. The van der Waals surface area contributed by atoms with Gasteiger partial charge in [-0.1, -0.05) is 281 Å². The molecule has 0 aliphatic heterocycles. The van der Waals surface area contributed by atoms with E-state index in [2.05, 4.69) is 55.6 Å². The van der Waals surface area contributed by atoms with Crippen molar-refractivity contribution in [3.05, 3.63) is 48.6 Å². The highest BCUT2D eigenvalue weighted by atomic mass is 16.3. The van der Waals surface area contributed by atoms with Crippen molar-refractivity contribution in [1.82, 2.24) is 5.32 Å². The summed E-state index contributed by atoms with van der Waals surface area (Å²) in [5.41, 5.74) is 0. The van der Waals surface area contributed by atoms with Crippen molar-refractivity contribution in [2.45, 2.75) is 321 Å². The second kappa shape index (κ2) is 55.7. The average molecular weight is 897 g/mol. The summed E-state index contributed by atoms with van der Waals surface area (Å²) in [4.78, 5) is 12.5. The van der Waals surface area contributed by atoms with E-state index in [1.165, 1.54) is 250 Å². The van der Waals surface area contributed by atoms with Gasteiger partial charge in [0.15, 0.2) is 0 Å². The Balaban J connectivity index is 3.54. The van der Waals surface area contributed by atoms with Crippen molar-refractivity contribution in [2.75, 3.05) is 6.61 Å². The van der Waals surface area contributed by atoms with E-state index >= 15 is 0 Å². The van der Waals surface area contributed by atoms with Crippen LogP contribution in [0.2, 0.25) is 0 Å². The van der Waals surface area contributed by atoms with Gasteiger partial charge >= 0.3 is 0 Å².